The number of carbonyl (C=O) groups excluding carboxylic acids is 1. The standard InChI is InChI=1S/C18H13N3O2S/c19-9-12-7-13-10-21(6-5-14(13)20-17(12)22)18(23)16-8-11-3-1-2-4-15(11)24-16/h1-4,7-8H,5-6,10H2,(H,20,22). The number of rotatable bonds is 1. The molecule has 1 aliphatic heterocycles. The minimum Gasteiger partial charge on any atom is -0.333 e. The van der Waals surface area contributed by atoms with Gasteiger partial charge in [0.25, 0.3) is 11.5 Å². The summed E-state index contributed by atoms with van der Waals surface area (Å²) in [6.45, 7) is 0.968. The van der Waals surface area contributed by atoms with E-state index in [1.165, 1.54) is 11.3 Å². The number of aromatic nitrogens is 1. The molecular formula is C18H13N3O2S. The van der Waals surface area contributed by atoms with Crippen LogP contribution in [0.1, 0.15) is 26.5 Å². The van der Waals surface area contributed by atoms with Crippen LogP contribution in [0.3, 0.4) is 0 Å². The topological polar surface area (TPSA) is 77.0 Å². The van der Waals surface area contributed by atoms with Crippen molar-refractivity contribution in [2.24, 2.45) is 0 Å². The van der Waals surface area contributed by atoms with Crippen molar-refractivity contribution < 1.29 is 4.79 Å². The SMILES string of the molecule is N#Cc1cc2c([nH]c1=O)CCN(C(=O)c1cc3ccccc3s1)C2. The first-order valence-electron chi connectivity index (χ1n) is 7.59. The van der Waals surface area contributed by atoms with Gasteiger partial charge in [-0.3, -0.25) is 9.59 Å². The molecule has 1 aromatic carbocycles. The molecule has 6 heteroatoms. The quantitative estimate of drug-likeness (QED) is 0.743. The van der Waals surface area contributed by atoms with Crippen molar-refractivity contribution in [3.05, 3.63) is 68.4 Å². The van der Waals surface area contributed by atoms with E-state index in [1.54, 1.807) is 11.0 Å². The third kappa shape index (κ3) is 2.39. The van der Waals surface area contributed by atoms with E-state index in [-0.39, 0.29) is 17.0 Å². The van der Waals surface area contributed by atoms with E-state index in [0.29, 0.717) is 24.4 Å². The van der Waals surface area contributed by atoms with Crippen LogP contribution in [0.4, 0.5) is 0 Å². The van der Waals surface area contributed by atoms with E-state index in [9.17, 15) is 9.59 Å². The molecule has 0 fully saturated rings. The highest BCUT2D eigenvalue weighted by Gasteiger charge is 2.24. The van der Waals surface area contributed by atoms with Crippen molar-refractivity contribution in [3.8, 4) is 6.07 Å². The summed E-state index contributed by atoms with van der Waals surface area (Å²) in [6.07, 6.45) is 0.590. The van der Waals surface area contributed by atoms with Crippen LogP contribution < -0.4 is 5.56 Å². The first-order chi connectivity index (χ1) is 11.7. The van der Waals surface area contributed by atoms with Crippen molar-refractivity contribution in [3.63, 3.8) is 0 Å². The second kappa shape index (κ2) is 5.62. The summed E-state index contributed by atoms with van der Waals surface area (Å²) < 4.78 is 1.09. The summed E-state index contributed by atoms with van der Waals surface area (Å²) in [5, 5.41) is 10.1. The first kappa shape index (κ1) is 14.7. The lowest BCUT2D eigenvalue weighted by molar-refractivity contribution is 0.0738. The second-order valence-electron chi connectivity index (χ2n) is 5.75. The molecule has 4 rings (SSSR count). The zero-order valence-electron chi connectivity index (χ0n) is 12.7. The molecule has 0 unspecified atom stereocenters. The van der Waals surface area contributed by atoms with Gasteiger partial charge in [-0.15, -0.1) is 11.3 Å². The number of fused-ring (bicyclic) bond motifs is 2. The van der Waals surface area contributed by atoms with Gasteiger partial charge in [0.05, 0.1) is 4.88 Å². The third-order valence-electron chi connectivity index (χ3n) is 4.25. The molecule has 3 aromatic rings. The molecule has 0 radical (unpaired) electrons. The molecule has 1 aliphatic rings. The van der Waals surface area contributed by atoms with Crippen LogP contribution in [0.2, 0.25) is 0 Å². The Kier molecular flexibility index (Phi) is 3.44. The fourth-order valence-electron chi connectivity index (χ4n) is 3.01. The largest absolute Gasteiger partial charge is 0.333 e. The second-order valence-corrected chi connectivity index (χ2v) is 6.84. The highest BCUT2D eigenvalue weighted by molar-refractivity contribution is 7.20. The lowest BCUT2D eigenvalue weighted by Gasteiger charge is -2.28. The Labute approximate surface area is 141 Å². The maximum Gasteiger partial charge on any atom is 0.266 e. The van der Waals surface area contributed by atoms with Crippen molar-refractivity contribution >= 4 is 27.3 Å². The Bertz CT molecular complexity index is 1030. The molecule has 0 aliphatic carbocycles. The smallest absolute Gasteiger partial charge is 0.266 e. The van der Waals surface area contributed by atoms with Crippen molar-refractivity contribution in [2.45, 2.75) is 13.0 Å². The number of benzene rings is 1. The molecule has 1 N–H and O–H groups in total. The summed E-state index contributed by atoms with van der Waals surface area (Å²) in [5.41, 5.74) is 1.39. The average molecular weight is 335 g/mol. The molecular weight excluding hydrogens is 322 g/mol. The van der Waals surface area contributed by atoms with Gasteiger partial charge >= 0.3 is 0 Å². The number of nitrogens with zero attached hydrogens (tertiary/aromatic N) is 2. The molecule has 1 amide bonds. The predicted molar refractivity (Wildman–Crippen MR) is 92.0 cm³/mol. The fraction of sp³-hybridized carbons (Fsp3) is 0.167. The number of nitrogens with one attached hydrogen (secondary N) is 1. The van der Waals surface area contributed by atoms with Crippen LogP contribution in [-0.4, -0.2) is 22.3 Å². The van der Waals surface area contributed by atoms with E-state index in [0.717, 1.165) is 21.3 Å². The van der Waals surface area contributed by atoms with Gasteiger partial charge in [0.1, 0.15) is 11.6 Å². The zero-order chi connectivity index (χ0) is 16.7. The molecule has 0 atom stereocenters. The Morgan fingerprint density at radius 2 is 2.12 bits per heavy atom. The number of nitriles is 1. The number of amides is 1. The molecule has 3 heterocycles. The van der Waals surface area contributed by atoms with Gasteiger partial charge in [-0.2, -0.15) is 5.26 Å². The summed E-state index contributed by atoms with van der Waals surface area (Å²) in [4.78, 5) is 29.7. The highest BCUT2D eigenvalue weighted by atomic mass is 32.1. The van der Waals surface area contributed by atoms with E-state index >= 15 is 0 Å². The Hall–Kier alpha value is -2.91. The number of hydrogen-bond acceptors (Lipinski definition) is 4. The molecule has 5 nitrogen and oxygen atoms in total. The average Bonchev–Trinajstić information content (AvgIpc) is 3.04. The Morgan fingerprint density at radius 3 is 2.92 bits per heavy atom. The van der Waals surface area contributed by atoms with Crippen molar-refractivity contribution in [1.82, 2.24) is 9.88 Å². The number of H-pyrrole nitrogens is 1. The van der Waals surface area contributed by atoms with Gasteiger partial charge in [0, 0.05) is 29.9 Å². The fourth-order valence-corrected chi connectivity index (χ4v) is 4.04. The predicted octanol–water partition coefficient (Wildman–Crippen LogP) is 2.66. The molecule has 0 saturated heterocycles. The number of hydrogen-bond donors (Lipinski definition) is 1. The Balaban J connectivity index is 1.65. The van der Waals surface area contributed by atoms with E-state index < -0.39 is 0 Å². The maximum absolute atomic E-state index is 12.8. The molecule has 0 saturated carbocycles. The number of aromatic amines is 1. The monoisotopic (exact) mass is 335 g/mol. The van der Waals surface area contributed by atoms with Gasteiger partial charge < -0.3 is 9.88 Å². The zero-order valence-corrected chi connectivity index (χ0v) is 13.5. The van der Waals surface area contributed by atoms with Gasteiger partial charge in [-0.05, 0) is 29.1 Å². The van der Waals surface area contributed by atoms with E-state index in [2.05, 4.69) is 4.98 Å². The minimum absolute atomic E-state index is 0.00782. The molecule has 2 aromatic heterocycles. The maximum atomic E-state index is 12.8. The van der Waals surface area contributed by atoms with Gasteiger partial charge in [0.2, 0.25) is 0 Å². The van der Waals surface area contributed by atoms with Gasteiger partial charge in [0.15, 0.2) is 0 Å². The van der Waals surface area contributed by atoms with Crippen molar-refractivity contribution in [1.29, 1.82) is 5.26 Å². The van der Waals surface area contributed by atoms with Crippen LogP contribution >= 0.6 is 11.3 Å². The van der Waals surface area contributed by atoms with E-state index in [1.807, 2.05) is 36.4 Å². The highest BCUT2D eigenvalue weighted by Crippen LogP contribution is 2.27. The molecule has 0 spiro atoms. The summed E-state index contributed by atoms with van der Waals surface area (Å²) in [7, 11) is 0. The summed E-state index contributed by atoms with van der Waals surface area (Å²) >= 11 is 1.49. The summed E-state index contributed by atoms with van der Waals surface area (Å²) in [6, 6.07) is 13.3. The number of carbonyl (C=O) groups is 1. The minimum atomic E-state index is -0.361. The number of thiophene rings is 1. The molecule has 24 heavy (non-hydrogen) atoms. The molecule has 118 valence electrons. The third-order valence-corrected chi connectivity index (χ3v) is 5.36. The van der Waals surface area contributed by atoms with Crippen LogP contribution in [0, 0.1) is 11.3 Å². The normalized spacial score (nSPS) is 13.5. The van der Waals surface area contributed by atoms with Crippen LogP contribution in [0.15, 0.2) is 41.2 Å². The first-order valence-corrected chi connectivity index (χ1v) is 8.40. The van der Waals surface area contributed by atoms with Crippen molar-refractivity contribution in [2.75, 3.05) is 6.54 Å². The van der Waals surface area contributed by atoms with Gasteiger partial charge in [-0.1, -0.05) is 18.2 Å². The summed E-state index contributed by atoms with van der Waals surface area (Å²) in [5.74, 6) is -0.00782. The Morgan fingerprint density at radius 1 is 1.29 bits per heavy atom. The van der Waals surface area contributed by atoms with Crippen LogP contribution in [-0.2, 0) is 13.0 Å². The number of pyridine rings is 1. The van der Waals surface area contributed by atoms with Crippen LogP contribution in [0.5, 0.6) is 0 Å². The van der Waals surface area contributed by atoms with Crippen LogP contribution in [0.25, 0.3) is 10.1 Å². The van der Waals surface area contributed by atoms with Gasteiger partial charge in [-0.25, -0.2) is 0 Å². The lowest BCUT2D eigenvalue weighted by Crippen LogP contribution is -2.37. The lowest BCUT2D eigenvalue weighted by atomic mass is 10.0. The molecule has 0 bridgehead atoms. The van der Waals surface area contributed by atoms with E-state index in [4.69, 9.17) is 5.26 Å².